The van der Waals surface area contributed by atoms with Gasteiger partial charge in [-0.05, 0) is 45.2 Å². The molecule has 3 aliphatic rings. The lowest BCUT2D eigenvalue weighted by atomic mass is 9.98. The lowest BCUT2D eigenvalue weighted by Gasteiger charge is -2.26. The zero-order valence-corrected chi connectivity index (χ0v) is 12.2. The van der Waals surface area contributed by atoms with Crippen molar-refractivity contribution < 1.29 is 4.79 Å². The second-order valence-corrected chi connectivity index (χ2v) is 6.40. The summed E-state index contributed by atoms with van der Waals surface area (Å²) >= 11 is 0. The molecule has 1 saturated carbocycles. The normalized spacial score (nSPS) is 30.9. The quantitative estimate of drug-likeness (QED) is 0.838. The summed E-state index contributed by atoms with van der Waals surface area (Å²) in [5.41, 5.74) is -0.189. The van der Waals surface area contributed by atoms with Crippen LogP contribution in [0.1, 0.15) is 51.9 Å². The first-order valence-corrected chi connectivity index (χ1v) is 8.06. The lowest BCUT2D eigenvalue weighted by molar-refractivity contribution is -0.133. The topological polar surface area (TPSA) is 35.6 Å². The number of nitrogens with one attached hydrogen (secondary N) is 1. The van der Waals surface area contributed by atoms with E-state index in [4.69, 9.17) is 0 Å². The second-order valence-electron chi connectivity index (χ2n) is 6.40. The zero-order valence-electron chi connectivity index (χ0n) is 12.2. The minimum absolute atomic E-state index is 0.189. The highest BCUT2D eigenvalue weighted by Gasteiger charge is 2.51. The standard InChI is InChI=1S/C15H27N3O/c1-2-13-16-15(7-3-4-8-15)14(19)18(13)12-11-17-9-5-6-10-17/h13,16H,2-12H2,1H3. The molecule has 1 amide bonds. The first-order chi connectivity index (χ1) is 9.25. The molecule has 1 spiro atoms. The van der Waals surface area contributed by atoms with Crippen molar-refractivity contribution in [3.8, 4) is 0 Å². The molecule has 4 heteroatoms. The van der Waals surface area contributed by atoms with Gasteiger partial charge in [-0.3, -0.25) is 10.1 Å². The summed E-state index contributed by atoms with van der Waals surface area (Å²) in [6, 6.07) is 0. The summed E-state index contributed by atoms with van der Waals surface area (Å²) in [6.45, 7) is 6.59. The van der Waals surface area contributed by atoms with Gasteiger partial charge in [0.05, 0.1) is 11.7 Å². The Morgan fingerprint density at radius 3 is 2.47 bits per heavy atom. The largest absolute Gasteiger partial charge is 0.324 e. The van der Waals surface area contributed by atoms with Crippen LogP contribution >= 0.6 is 0 Å². The van der Waals surface area contributed by atoms with Crippen molar-refractivity contribution in [3.05, 3.63) is 0 Å². The number of amides is 1. The van der Waals surface area contributed by atoms with E-state index in [0.717, 1.165) is 32.4 Å². The molecule has 0 radical (unpaired) electrons. The fourth-order valence-corrected chi connectivity index (χ4v) is 4.05. The van der Waals surface area contributed by atoms with Gasteiger partial charge in [0, 0.05) is 13.1 Å². The highest BCUT2D eigenvalue weighted by atomic mass is 16.2. The summed E-state index contributed by atoms with van der Waals surface area (Å²) in [6.07, 6.45) is 8.44. The highest BCUT2D eigenvalue weighted by molar-refractivity contribution is 5.89. The minimum atomic E-state index is -0.189. The highest BCUT2D eigenvalue weighted by Crippen LogP contribution is 2.36. The maximum absolute atomic E-state index is 12.7. The van der Waals surface area contributed by atoms with E-state index in [-0.39, 0.29) is 11.7 Å². The number of rotatable bonds is 4. The molecule has 4 nitrogen and oxygen atoms in total. The number of nitrogens with zero attached hydrogens (tertiary/aromatic N) is 2. The van der Waals surface area contributed by atoms with Crippen LogP contribution in [0.3, 0.4) is 0 Å². The Morgan fingerprint density at radius 2 is 1.84 bits per heavy atom. The first-order valence-electron chi connectivity index (χ1n) is 8.06. The van der Waals surface area contributed by atoms with Gasteiger partial charge in [-0.2, -0.15) is 0 Å². The Hall–Kier alpha value is -0.610. The molecule has 1 atom stereocenters. The predicted octanol–water partition coefficient (Wildman–Crippen LogP) is 1.56. The fraction of sp³-hybridized carbons (Fsp3) is 0.933. The van der Waals surface area contributed by atoms with Gasteiger partial charge >= 0.3 is 0 Å². The van der Waals surface area contributed by atoms with Gasteiger partial charge in [0.15, 0.2) is 0 Å². The van der Waals surface area contributed by atoms with E-state index < -0.39 is 0 Å². The van der Waals surface area contributed by atoms with Crippen molar-refractivity contribution in [1.29, 1.82) is 0 Å². The number of carbonyl (C=O) groups is 1. The van der Waals surface area contributed by atoms with Crippen molar-refractivity contribution in [2.24, 2.45) is 0 Å². The number of hydrogen-bond donors (Lipinski definition) is 1. The molecule has 2 aliphatic heterocycles. The minimum Gasteiger partial charge on any atom is -0.324 e. The number of likely N-dealkylation sites (tertiary alicyclic amines) is 1. The summed E-state index contributed by atoms with van der Waals surface area (Å²) in [7, 11) is 0. The summed E-state index contributed by atoms with van der Waals surface area (Å²) in [5, 5.41) is 3.65. The van der Waals surface area contributed by atoms with Gasteiger partial charge in [0.1, 0.15) is 0 Å². The lowest BCUT2D eigenvalue weighted by Crippen LogP contribution is -2.44. The van der Waals surface area contributed by atoms with E-state index in [1.807, 2.05) is 0 Å². The molecule has 3 rings (SSSR count). The third kappa shape index (κ3) is 2.40. The molecule has 19 heavy (non-hydrogen) atoms. The van der Waals surface area contributed by atoms with Gasteiger partial charge in [-0.25, -0.2) is 0 Å². The summed E-state index contributed by atoms with van der Waals surface area (Å²) in [5.74, 6) is 0.385. The van der Waals surface area contributed by atoms with Gasteiger partial charge in [0.25, 0.3) is 0 Å². The van der Waals surface area contributed by atoms with Crippen LogP contribution in [0, 0.1) is 0 Å². The molecule has 2 heterocycles. The molecule has 0 bridgehead atoms. The molecule has 0 aromatic rings. The molecular formula is C15H27N3O. The van der Waals surface area contributed by atoms with Gasteiger partial charge in [-0.15, -0.1) is 0 Å². The second kappa shape index (κ2) is 5.41. The Labute approximate surface area is 116 Å². The predicted molar refractivity (Wildman–Crippen MR) is 75.8 cm³/mol. The third-order valence-electron chi connectivity index (χ3n) is 5.19. The van der Waals surface area contributed by atoms with Crippen LogP contribution in [0.15, 0.2) is 0 Å². The van der Waals surface area contributed by atoms with Crippen LogP contribution in [0.4, 0.5) is 0 Å². The van der Waals surface area contributed by atoms with Crippen molar-refractivity contribution in [1.82, 2.24) is 15.1 Å². The van der Waals surface area contributed by atoms with E-state index in [0.29, 0.717) is 5.91 Å². The van der Waals surface area contributed by atoms with Crippen LogP contribution in [0.25, 0.3) is 0 Å². The smallest absolute Gasteiger partial charge is 0.244 e. The van der Waals surface area contributed by atoms with Crippen molar-refractivity contribution in [2.45, 2.75) is 63.6 Å². The molecule has 1 aliphatic carbocycles. The van der Waals surface area contributed by atoms with Crippen LogP contribution in [0.2, 0.25) is 0 Å². The number of carbonyl (C=O) groups excluding carboxylic acids is 1. The molecule has 3 fully saturated rings. The van der Waals surface area contributed by atoms with Crippen LogP contribution in [-0.4, -0.2) is 53.6 Å². The SMILES string of the molecule is CCC1NC2(CCCC2)C(=O)N1CCN1CCCC1. The third-order valence-corrected chi connectivity index (χ3v) is 5.19. The monoisotopic (exact) mass is 265 g/mol. The van der Waals surface area contributed by atoms with E-state index in [1.54, 1.807) is 0 Å². The fourth-order valence-electron chi connectivity index (χ4n) is 4.05. The maximum atomic E-state index is 12.7. The Morgan fingerprint density at radius 1 is 1.16 bits per heavy atom. The summed E-state index contributed by atoms with van der Waals surface area (Å²) < 4.78 is 0. The average Bonchev–Trinajstić information content (AvgIpc) is 3.13. The molecule has 1 N–H and O–H groups in total. The van der Waals surface area contributed by atoms with Crippen LogP contribution < -0.4 is 5.32 Å². The molecule has 0 aromatic carbocycles. The van der Waals surface area contributed by atoms with E-state index in [9.17, 15) is 4.79 Å². The number of hydrogen-bond acceptors (Lipinski definition) is 3. The zero-order chi connectivity index (χ0) is 13.3. The average molecular weight is 265 g/mol. The Bertz CT molecular complexity index is 332. The van der Waals surface area contributed by atoms with Crippen LogP contribution in [0.5, 0.6) is 0 Å². The molecule has 0 aromatic heterocycles. The van der Waals surface area contributed by atoms with Gasteiger partial charge in [0.2, 0.25) is 5.91 Å². The van der Waals surface area contributed by atoms with Crippen molar-refractivity contribution in [2.75, 3.05) is 26.2 Å². The molecular weight excluding hydrogens is 238 g/mol. The molecule has 1 unspecified atom stereocenters. The Balaban J connectivity index is 1.63. The summed E-state index contributed by atoms with van der Waals surface area (Å²) in [4.78, 5) is 17.4. The van der Waals surface area contributed by atoms with Gasteiger partial charge in [-0.1, -0.05) is 19.8 Å². The maximum Gasteiger partial charge on any atom is 0.244 e. The van der Waals surface area contributed by atoms with Crippen molar-refractivity contribution in [3.63, 3.8) is 0 Å². The molecule has 2 saturated heterocycles. The van der Waals surface area contributed by atoms with E-state index in [1.165, 1.54) is 38.8 Å². The molecule has 108 valence electrons. The van der Waals surface area contributed by atoms with Gasteiger partial charge < -0.3 is 9.80 Å². The Kier molecular flexibility index (Phi) is 3.81. The van der Waals surface area contributed by atoms with Crippen LogP contribution in [-0.2, 0) is 4.79 Å². The van der Waals surface area contributed by atoms with E-state index in [2.05, 4.69) is 22.0 Å². The van der Waals surface area contributed by atoms with Crippen molar-refractivity contribution >= 4 is 5.91 Å². The van der Waals surface area contributed by atoms with E-state index >= 15 is 0 Å². The first kappa shape index (κ1) is 13.4.